The summed E-state index contributed by atoms with van der Waals surface area (Å²) in [6.45, 7) is 2.05. The van der Waals surface area contributed by atoms with E-state index in [1.165, 1.54) is 5.56 Å². The molecule has 2 aromatic carbocycles. The first kappa shape index (κ1) is 10.5. The highest BCUT2D eigenvalue weighted by atomic mass is 35.5. The Morgan fingerprint density at radius 1 is 0.800 bits per heavy atom. The lowest BCUT2D eigenvalue weighted by Crippen LogP contribution is -1.81. The maximum absolute atomic E-state index is 6.12. The molecule has 0 nitrogen and oxygen atoms in total. The molecule has 2 rings (SSSR count). The van der Waals surface area contributed by atoms with E-state index in [2.05, 4.69) is 19.1 Å². The van der Waals surface area contributed by atoms with Gasteiger partial charge in [-0.25, -0.2) is 0 Å². The topological polar surface area (TPSA) is 0 Å². The van der Waals surface area contributed by atoms with Crippen LogP contribution in [0.3, 0.4) is 0 Å². The molecule has 0 spiro atoms. The maximum atomic E-state index is 6.12. The van der Waals surface area contributed by atoms with Gasteiger partial charge in [-0.05, 0) is 24.6 Å². The molecule has 2 aromatic rings. The van der Waals surface area contributed by atoms with Crippen LogP contribution in [0, 0.1) is 6.92 Å². The SMILES string of the molecule is Cc1ccc(-c2c(Cl)cccc2Cl)cc1. The summed E-state index contributed by atoms with van der Waals surface area (Å²) in [5.74, 6) is 0. The summed E-state index contributed by atoms with van der Waals surface area (Å²) >= 11 is 12.2. The Hall–Kier alpha value is -0.980. The molecule has 0 radical (unpaired) electrons. The molecule has 0 N–H and O–H groups in total. The number of hydrogen-bond donors (Lipinski definition) is 0. The zero-order valence-electron chi connectivity index (χ0n) is 8.30. The lowest BCUT2D eigenvalue weighted by molar-refractivity contribution is 1.47. The molecule has 0 saturated heterocycles. The van der Waals surface area contributed by atoms with Crippen LogP contribution in [0.4, 0.5) is 0 Å². The number of halogens is 2. The second kappa shape index (κ2) is 4.26. The standard InChI is InChI=1S/C13H10Cl2/c1-9-5-7-10(8-6-9)13-11(14)3-2-4-12(13)15/h2-8H,1H3. The van der Waals surface area contributed by atoms with Crippen molar-refractivity contribution >= 4 is 23.2 Å². The highest BCUT2D eigenvalue weighted by molar-refractivity contribution is 6.39. The van der Waals surface area contributed by atoms with Gasteiger partial charge in [0.25, 0.3) is 0 Å². The van der Waals surface area contributed by atoms with E-state index < -0.39 is 0 Å². The molecular weight excluding hydrogens is 227 g/mol. The second-order valence-electron chi connectivity index (χ2n) is 3.46. The molecule has 0 fully saturated rings. The van der Waals surface area contributed by atoms with Crippen molar-refractivity contribution in [3.63, 3.8) is 0 Å². The average molecular weight is 237 g/mol. The van der Waals surface area contributed by atoms with E-state index >= 15 is 0 Å². The zero-order valence-corrected chi connectivity index (χ0v) is 9.81. The number of benzene rings is 2. The first-order valence-electron chi connectivity index (χ1n) is 4.69. The molecule has 0 aliphatic rings. The van der Waals surface area contributed by atoms with Gasteiger partial charge in [0.15, 0.2) is 0 Å². The Bertz CT molecular complexity index is 452. The van der Waals surface area contributed by atoms with E-state index in [0.29, 0.717) is 10.0 Å². The number of rotatable bonds is 1. The van der Waals surface area contributed by atoms with Gasteiger partial charge < -0.3 is 0 Å². The van der Waals surface area contributed by atoms with Gasteiger partial charge in [0.05, 0.1) is 0 Å². The van der Waals surface area contributed by atoms with E-state index in [-0.39, 0.29) is 0 Å². The van der Waals surface area contributed by atoms with Crippen LogP contribution in [0.15, 0.2) is 42.5 Å². The van der Waals surface area contributed by atoms with E-state index in [0.717, 1.165) is 11.1 Å². The van der Waals surface area contributed by atoms with Crippen molar-refractivity contribution in [3.05, 3.63) is 58.1 Å². The Morgan fingerprint density at radius 3 is 1.87 bits per heavy atom. The van der Waals surface area contributed by atoms with Gasteiger partial charge in [-0.15, -0.1) is 0 Å². The molecule has 0 amide bonds. The summed E-state index contributed by atoms with van der Waals surface area (Å²) in [6, 6.07) is 13.7. The lowest BCUT2D eigenvalue weighted by atomic mass is 10.0. The highest BCUT2D eigenvalue weighted by Gasteiger charge is 2.06. The molecule has 0 atom stereocenters. The number of hydrogen-bond acceptors (Lipinski definition) is 0. The van der Waals surface area contributed by atoms with Crippen LogP contribution in [-0.4, -0.2) is 0 Å². The molecular formula is C13H10Cl2. The largest absolute Gasteiger partial charge is 0.0836 e. The Kier molecular flexibility index (Phi) is 2.99. The summed E-state index contributed by atoms with van der Waals surface area (Å²) in [5, 5.41) is 1.37. The second-order valence-corrected chi connectivity index (χ2v) is 4.28. The fraction of sp³-hybridized carbons (Fsp3) is 0.0769. The molecule has 0 aliphatic heterocycles. The van der Waals surface area contributed by atoms with Crippen LogP contribution in [0.2, 0.25) is 10.0 Å². The molecule has 0 unspecified atom stereocenters. The summed E-state index contributed by atoms with van der Waals surface area (Å²) in [7, 11) is 0. The van der Waals surface area contributed by atoms with Crippen molar-refractivity contribution in [2.45, 2.75) is 6.92 Å². The molecule has 76 valence electrons. The summed E-state index contributed by atoms with van der Waals surface area (Å²) in [6.07, 6.45) is 0. The third-order valence-electron chi connectivity index (χ3n) is 2.30. The van der Waals surface area contributed by atoms with Crippen LogP contribution >= 0.6 is 23.2 Å². The minimum absolute atomic E-state index is 0.686. The predicted octanol–water partition coefficient (Wildman–Crippen LogP) is 4.97. The van der Waals surface area contributed by atoms with Gasteiger partial charge in [0.2, 0.25) is 0 Å². The summed E-state index contributed by atoms with van der Waals surface area (Å²) in [5.41, 5.74) is 3.18. The fourth-order valence-electron chi connectivity index (χ4n) is 1.49. The molecule has 0 aliphatic carbocycles. The molecule has 0 heterocycles. The molecule has 0 aromatic heterocycles. The Labute approximate surface area is 99.5 Å². The van der Waals surface area contributed by atoms with Crippen molar-refractivity contribution in [2.75, 3.05) is 0 Å². The van der Waals surface area contributed by atoms with E-state index in [4.69, 9.17) is 23.2 Å². The molecule has 0 saturated carbocycles. The highest BCUT2D eigenvalue weighted by Crippen LogP contribution is 2.34. The minimum atomic E-state index is 0.686. The van der Waals surface area contributed by atoms with Crippen LogP contribution < -0.4 is 0 Å². The van der Waals surface area contributed by atoms with Crippen molar-refractivity contribution < 1.29 is 0 Å². The maximum Gasteiger partial charge on any atom is 0.0499 e. The summed E-state index contributed by atoms with van der Waals surface area (Å²) in [4.78, 5) is 0. The van der Waals surface area contributed by atoms with Gasteiger partial charge in [-0.2, -0.15) is 0 Å². The Balaban J connectivity index is 2.58. The van der Waals surface area contributed by atoms with Gasteiger partial charge in [-0.3, -0.25) is 0 Å². The first-order chi connectivity index (χ1) is 7.18. The smallest absolute Gasteiger partial charge is 0.0499 e. The molecule has 15 heavy (non-hydrogen) atoms. The van der Waals surface area contributed by atoms with E-state index in [1.807, 2.05) is 30.3 Å². The normalized spacial score (nSPS) is 10.3. The third-order valence-corrected chi connectivity index (χ3v) is 2.93. The van der Waals surface area contributed by atoms with Crippen molar-refractivity contribution in [2.24, 2.45) is 0 Å². The van der Waals surface area contributed by atoms with Gasteiger partial charge in [0.1, 0.15) is 0 Å². The zero-order chi connectivity index (χ0) is 10.8. The fourth-order valence-corrected chi connectivity index (χ4v) is 2.11. The average Bonchev–Trinajstić information content (AvgIpc) is 2.20. The first-order valence-corrected chi connectivity index (χ1v) is 5.45. The minimum Gasteiger partial charge on any atom is -0.0836 e. The summed E-state index contributed by atoms with van der Waals surface area (Å²) < 4.78 is 0. The van der Waals surface area contributed by atoms with Gasteiger partial charge in [0, 0.05) is 15.6 Å². The quantitative estimate of drug-likeness (QED) is 0.656. The predicted molar refractivity (Wildman–Crippen MR) is 66.6 cm³/mol. The van der Waals surface area contributed by atoms with Crippen LogP contribution in [0.1, 0.15) is 5.56 Å². The van der Waals surface area contributed by atoms with Crippen LogP contribution in [0.25, 0.3) is 11.1 Å². The van der Waals surface area contributed by atoms with E-state index in [1.54, 1.807) is 0 Å². The lowest BCUT2D eigenvalue weighted by Gasteiger charge is -2.07. The monoisotopic (exact) mass is 236 g/mol. The van der Waals surface area contributed by atoms with Crippen molar-refractivity contribution in [1.29, 1.82) is 0 Å². The number of aryl methyl sites for hydroxylation is 1. The molecule has 0 bridgehead atoms. The van der Waals surface area contributed by atoms with Gasteiger partial charge >= 0.3 is 0 Å². The van der Waals surface area contributed by atoms with E-state index in [9.17, 15) is 0 Å². The Morgan fingerprint density at radius 2 is 1.33 bits per heavy atom. The van der Waals surface area contributed by atoms with Crippen molar-refractivity contribution in [1.82, 2.24) is 0 Å². The van der Waals surface area contributed by atoms with Crippen LogP contribution in [0.5, 0.6) is 0 Å². The van der Waals surface area contributed by atoms with Crippen LogP contribution in [-0.2, 0) is 0 Å². The molecule has 2 heteroatoms. The third kappa shape index (κ3) is 2.17. The van der Waals surface area contributed by atoms with Gasteiger partial charge in [-0.1, -0.05) is 59.1 Å². The van der Waals surface area contributed by atoms with Crippen molar-refractivity contribution in [3.8, 4) is 11.1 Å².